The van der Waals surface area contributed by atoms with Crippen molar-refractivity contribution < 1.29 is 19.0 Å². The van der Waals surface area contributed by atoms with Crippen molar-refractivity contribution in [2.24, 2.45) is 11.0 Å². The monoisotopic (exact) mass is 482 g/mol. The van der Waals surface area contributed by atoms with Crippen LogP contribution in [-0.4, -0.2) is 38.0 Å². The van der Waals surface area contributed by atoms with Gasteiger partial charge in [-0.2, -0.15) is 5.10 Å². The van der Waals surface area contributed by atoms with Gasteiger partial charge in [-0.15, -0.1) is 0 Å². The molecule has 1 fully saturated rings. The molecule has 6 heteroatoms. The van der Waals surface area contributed by atoms with E-state index in [4.69, 9.17) is 19.3 Å². The number of hydrazone groups is 1. The number of hydrogen-bond donors (Lipinski definition) is 0. The van der Waals surface area contributed by atoms with E-state index in [1.807, 2.05) is 36.4 Å². The number of fused-ring (bicyclic) bond motifs is 1. The third-order valence-electron chi connectivity index (χ3n) is 6.90. The van der Waals surface area contributed by atoms with E-state index in [1.54, 1.807) is 38.5 Å². The molecule has 0 saturated heterocycles. The molecule has 0 bridgehead atoms. The molecule has 184 valence electrons. The zero-order valence-corrected chi connectivity index (χ0v) is 20.8. The molecule has 6 nitrogen and oxygen atoms in total. The van der Waals surface area contributed by atoms with Crippen molar-refractivity contribution >= 4 is 17.7 Å². The van der Waals surface area contributed by atoms with E-state index in [2.05, 4.69) is 30.3 Å². The van der Waals surface area contributed by atoms with E-state index < -0.39 is 0 Å². The Morgan fingerprint density at radius 3 is 2.17 bits per heavy atom. The average molecular weight is 483 g/mol. The Labute approximate surface area is 211 Å². The Morgan fingerprint density at radius 1 is 0.917 bits per heavy atom. The van der Waals surface area contributed by atoms with Crippen molar-refractivity contribution in [2.45, 2.75) is 25.3 Å². The van der Waals surface area contributed by atoms with Gasteiger partial charge in [0, 0.05) is 11.5 Å². The maximum atomic E-state index is 14.0. The summed E-state index contributed by atoms with van der Waals surface area (Å²) in [5.41, 5.74) is 4.84. The number of amides is 1. The van der Waals surface area contributed by atoms with Crippen molar-refractivity contribution in [3.63, 3.8) is 0 Å². The molecule has 0 radical (unpaired) electrons. The number of nitrogens with zero attached hydrogens (tertiary/aromatic N) is 2. The first kappa shape index (κ1) is 23.7. The summed E-state index contributed by atoms with van der Waals surface area (Å²) in [5.74, 6) is 1.24. The maximum Gasteiger partial charge on any atom is 0.274 e. The SMILES string of the molecule is COc1cc(C(=O)N2N=C3/C(=C\c4ccccc4)CCC[C@@H]3[C@@H]2c2ccccc2)cc(OC)c1OC. The van der Waals surface area contributed by atoms with Crippen LogP contribution in [0.4, 0.5) is 0 Å². The number of methoxy groups -OCH3 is 3. The lowest BCUT2D eigenvalue weighted by atomic mass is 9.77. The Balaban J connectivity index is 1.60. The number of carbonyl (C=O) groups excluding carboxylic acids is 1. The highest BCUT2D eigenvalue weighted by molar-refractivity contribution is 6.09. The molecule has 3 aromatic carbocycles. The topological polar surface area (TPSA) is 60.4 Å². The van der Waals surface area contributed by atoms with Gasteiger partial charge in [0.2, 0.25) is 5.75 Å². The summed E-state index contributed by atoms with van der Waals surface area (Å²) >= 11 is 0. The molecule has 5 rings (SSSR count). The largest absolute Gasteiger partial charge is 0.493 e. The normalized spacial score (nSPS) is 20.0. The predicted octanol–water partition coefficient (Wildman–Crippen LogP) is 6.15. The highest BCUT2D eigenvalue weighted by Crippen LogP contribution is 2.46. The van der Waals surface area contributed by atoms with Crippen LogP contribution in [-0.2, 0) is 0 Å². The van der Waals surface area contributed by atoms with E-state index in [1.165, 1.54) is 5.57 Å². The second kappa shape index (κ2) is 10.3. The molecule has 0 aromatic heterocycles. The molecule has 0 spiro atoms. The van der Waals surface area contributed by atoms with Gasteiger partial charge < -0.3 is 14.2 Å². The number of rotatable bonds is 6. The van der Waals surface area contributed by atoms with Crippen molar-refractivity contribution in [2.75, 3.05) is 21.3 Å². The van der Waals surface area contributed by atoms with Crippen molar-refractivity contribution in [3.05, 3.63) is 95.1 Å². The van der Waals surface area contributed by atoms with E-state index >= 15 is 0 Å². The lowest BCUT2D eigenvalue weighted by Crippen LogP contribution is -2.32. The Bertz CT molecular complexity index is 1280. The molecular weight excluding hydrogens is 452 g/mol. The van der Waals surface area contributed by atoms with E-state index in [0.717, 1.165) is 36.1 Å². The van der Waals surface area contributed by atoms with Gasteiger partial charge in [0.1, 0.15) is 0 Å². The first-order valence-corrected chi connectivity index (χ1v) is 12.2. The third-order valence-corrected chi connectivity index (χ3v) is 6.90. The molecule has 1 aliphatic carbocycles. The van der Waals surface area contributed by atoms with Crippen LogP contribution in [0.15, 0.2) is 83.5 Å². The van der Waals surface area contributed by atoms with Crippen LogP contribution in [0.5, 0.6) is 17.2 Å². The van der Waals surface area contributed by atoms with E-state index in [0.29, 0.717) is 22.8 Å². The molecule has 2 atom stereocenters. The van der Waals surface area contributed by atoms with Gasteiger partial charge >= 0.3 is 0 Å². The Kier molecular flexibility index (Phi) is 6.76. The maximum absolute atomic E-state index is 14.0. The van der Waals surface area contributed by atoms with Crippen LogP contribution in [0, 0.1) is 5.92 Å². The fourth-order valence-electron chi connectivity index (χ4n) is 5.24. The lowest BCUT2D eigenvalue weighted by molar-refractivity contribution is 0.0680. The van der Waals surface area contributed by atoms with Crippen LogP contribution in [0.3, 0.4) is 0 Å². The highest BCUT2D eigenvalue weighted by Gasteiger charge is 2.44. The molecule has 36 heavy (non-hydrogen) atoms. The Hall–Kier alpha value is -4.06. The molecule has 1 amide bonds. The predicted molar refractivity (Wildman–Crippen MR) is 141 cm³/mol. The molecular formula is C30H30N2O4. The summed E-state index contributed by atoms with van der Waals surface area (Å²) in [4.78, 5) is 14.0. The molecule has 3 aromatic rings. The lowest BCUT2D eigenvalue weighted by Gasteiger charge is -2.29. The summed E-state index contributed by atoms with van der Waals surface area (Å²) in [7, 11) is 4.64. The van der Waals surface area contributed by atoms with Crippen LogP contribution in [0.2, 0.25) is 0 Å². The van der Waals surface area contributed by atoms with Crippen LogP contribution in [0.25, 0.3) is 6.08 Å². The molecule has 0 N–H and O–H groups in total. The molecule has 0 unspecified atom stereocenters. The quantitative estimate of drug-likeness (QED) is 0.423. The zero-order chi connectivity index (χ0) is 25.1. The van der Waals surface area contributed by atoms with Crippen LogP contribution >= 0.6 is 0 Å². The minimum Gasteiger partial charge on any atom is -0.493 e. The highest BCUT2D eigenvalue weighted by atomic mass is 16.5. The van der Waals surface area contributed by atoms with Gasteiger partial charge in [0.25, 0.3) is 5.91 Å². The van der Waals surface area contributed by atoms with Gasteiger partial charge in [0.05, 0.1) is 33.1 Å². The Morgan fingerprint density at radius 2 is 1.56 bits per heavy atom. The van der Waals surface area contributed by atoms with Crippen molar-refractivity contribution in [3.8, 4) is 17.2 Å². The fraction of sp³-hybridized carbons (Fsp3) is 0.267. The van der Waals surface area contributed by atoms with E-state index in [-0.39, 0.29) is 17.9 Å². The summed E-state index contributed by atoms with van der Waals surface area (Å²) in [6.07, 6.45) is 5.18. The third kappa shape index (κ3) is 4.35. The molecule has 1 saturated carbocycles. The second-order valence-corrected chi connectivity index (χ2v) is 8.98. The van der Waals surface area contributed by atoms with Crippen molar-refractivity contribution in [1.29, 1.82) is 0 Å². The number of carbonyl (C=O) groups is 1. The number of benzene rings is 3. The minimum atomic E-state index is -0.205. The summed E-state index contributed by atoms with van der Waals surface area (Å²) in [6.45, 7) is 0. The minimum absolute atomic E-state index is 0.127. The van der Waals surface area contributed by atoms with Gasteiger partial charge in [-0.05, 0) is 54.2 Å². The second-order valence-electron chi connectivity index (χ2n) is 8.98. The van der Waals surface area contributed by atoms with Crippen molar-refractivity contribution in [1.82, 2.24) is 5.01 Å². The average Bonchev–Trinajstić information content (AvgIpc) is 3.33. The number of allylic oxidation sites excluding steroid dienone is 1. The zero-order valence-electron chi connectivity index (χ0n) is 20.8. The number of ether oxygens (including phenoxy) is 3. The molecule has 2 aliphatic rings. The molecule has 1 aliphatic heterocycles. The number of hydrogen-bond acceptors (Lipinski definition) is 5. The molecule has 1 heterocycles. The van der Waals surface area contributed by atoms with Gasteiger partial charge in [-0.1, -0.05) is 60.7 Å². The first-order valence-electron chi connectivity index (χ1n) is 12.2. The summed E-state index contributed by atoms with van der Waals surface area (Å²) in [5, 5.41) is 6.65. The standard InChI is InChI=1S/C30H30N2O4/c1-34-25-18-23(19-26(35-2)29(25)36-3)30(33)32-28(21-13-8-5-9-14-21)24-16-10-15-22(27(24)31-32)17-20-11-6-4-7-12-20/h4-9,11-14,17-19,24,28H,10,15-16H2,1-3H3/b22-17-/t24-,28-/m0/s1. The fourth-order valence-corrected chi connectivity index (χ4v) is 5.24. The first-order chi connectivity index (χ1) is 17.6. The van der Waals surface area contributed by atoms with Gasteiger partial charge in [-0.25, -0.2) is 5.01 Å². The van der Waals surface area contributed by atoms with Gasteiger partial charge in [0.15, 0.2) is 11.5 Å². The van der Waals surface area contributed by atoms with Crippen LogP contribution < -0.4 is 14.2 Å². The van der Waals surface area contributed by atoms with E-state index in [9.17, 15) is 4.79 Å². The summed E-state index contributed by atoms with van der Waals surface area (Å²) in [6, 6.07) is 23.6. The smallest absolute Gasteiger partial charge is 0.274 e. The van der Waals surface area contributed by atoms with Crippen LogP contribution in [0.1, 0.15) is 46.8 Å². The van der Waals surface area contributed by atoms with Gasteiger partial charge in [-0.3, -0.25) is 4.79 Å². The summed E-state index contributed by atoms with van der Waals surface area (Å²) < 4.78 is 16.4.